The molecule has 0 fully saturated rings. The number of carboxylic acid groups (broad SMARTS) is 1. The SMILES string of the molecule is CN(C)c1c(C(F)(F)C(=O)O)ccc(F)c1F. The lowest BCUT2D eigenvalue weighted by Gasteiger charge is -2.21. The lowest BCUT2D eigenvalue weighted by molar-refractivity contribution is -0.166. The van der Waals surface area contributed by atoms with Gasteiger partial charge in [0.1, 0.15) is 0 Å². The molecular formula is C10H9F4NO2. The number of nitrogens with zero attached hydrogens (tertiary/aromatic N) is 1. The molecule has 0 bridgehead atoms. The zero-order chi connectivity index (χ0) is 13.4. The summed E-state index contributed by atoms with van der Waals surface area (Å²) in [5.41, 5.74) is -1.87. The van der Waals surface area contributed by atoms with Gasteiger partial charge in [-0.05, 0) is 12.1 Å². The van der Waals surface area contributed by atoms with Crippen LogP contribution in [0.4, 0.5) is 23.2 Å². The summed E-state index contributed by atoms with van der Waals surface area (Å²) >= 11 is 0. The maximum Gasteiger partial charge on any atom is 0.379 e. The highest BCUT2D eigenvalue weighted by atomic mass is 19.3. The molecule has 0 aliphatic rings. The van der Waals surface area contributed by atoms with Crippen molar-refractivity contribution in [3.63, 3.8) is 0 Å². The van der Waals surface area contributed by atoms with Gasteiger partial charge in [-0.1, -0.05) is 0 Å². The Kier molecular flexibility index (Phi) is 3.30. The van der Waals surface area contributed by atoms with Crippen molar-refractivity contribution in [2.45, 2.75) is 5.92 Å². The minimum Gasteiger partial charge on any atom is -0.477 e. The average Bonchev–Trinajstić information content (AvgIpc) is 2.20. The van der Waals surface area contributed by atoms with E-state index in [-0.39, 0.29) is 0 Å². The Labute approximate surface area is 94.3 Å². The molecule has 0 saturated carbocycles. The molecule has 0 spiro atoms. The van der Waals surface area contributed by atoms with Gasteiger partial charge in [0.25, 0.3) is 0 Å². The first-order valence-corrected chi connectivity index (χ1v) is 4.46. The van der Waals surface area contributed by atoms with Gasteiger partial charge in [0.05, 0.1) is 11.3 Å². The smallest absolute Gasteiger partial charge is 0.379 e. The van der Waals surface area contributed by atoms with Crippen molar-refractivity contribution in [1.29, 1.82) is 0 Å². The summed E-state index contributed by atoms with van der Waals surface area (Å²) in [7, 11) is 2.42. The van der Waals surface area contributed by atoms with Crippen LogP contribution in [0.25, 0.3) is 0 Å². The number of rotatable bonds is 3. The Morgan fingerprint density at radius 1 is 1.29 bits per heavy atom. The molecule has 0 saturated heterocycles. The van der Waals surface area contributed by atoms with E-state index in [2.05, 4.69) is 0 Å². The Morgan fingerprint density at radius 3 is 2.24 bits per heavy atom. The van der Waals surface area contributed by atoms with Crippen molar-refractivity contribution in [1.82, 2.24) is 0 Å². The summed E-state index contributed by atoms with van der Waals surface area (Å²) in [4.78, 5) is 11.3. The molecular weight excluding hydrogens is 242 g/mol. The van der Waals surface area contributed by atoms with E-state index < -0.39 is 34.8 Å². The van der Waals surface area contributed by atoms with Crippen LogP contribution in [0.5, 0.6) is 0 Å². The molecule has 1 N–H and O–H groups in total. The van der Waals surface area contributed by atoms with Gasteiger partial charge in [0.2, 0.25) is 0 Å². The van der Waals surface area contributed by atoms with Crippen LogP contribution < -0.4 is 4.90 Å². The maximum atomic E-state index is 13.4. The zero-order valence-corrected chi connectivity index (χ0v) is 8.97. The number of hydrogen-bond donors (Lipinski definition) is 1. The number of halogens is 4. The van der Waals surface area contributed by atoms with E-state index in [1.807, 2.05) is 0 Å². The fourth-order valence-corrected chi connectivity index (χ4v) is 1.35. The van der Waals surface area contributed by atoms with Crippen molar-refractivity contribution in [2.75, 3.05) is 19.0 Å². The van der Waals surface area contributed by atoms with Gasteiger partial charge in [-0.3, -0.25) is 0 Å². The number of hydrogen-bond acceptors (Lipinski definition) is 2. The molecule has 1 aromatic carbocycles. The predicted molar refractivity (Wildman–Crippen MR) is 52.2 cm³/mol. The fraction of sp³-hybridized carbons (Fsp3) is 0.300. The molecule has 0 radical (unpaired) electrons. The van der Waals surface area contributed by atoms with Crippen molar-refractivity contribution in [3.05, 3.63) is 29.3 Å². The first kappa shape index (κ1) is 13.3. The Hall–Kier alpha value is -1.79. The van der Waals surface area contributed by atoms with E-state index in [1.54, 1.807) is 0 Å². The highest BCUT2D eigenvalue weighted by Crippen LogP contribution is 2.37. The second kappa shape index (κ2) is 4.23. The van der Waals surface area contributed by atoms with E-state index in [9.17, 15) is 22.4 Å². The summed E-state index contributed by atoms with van der Waals surface area (Å²) in [6, 6.07) is 1.02. The molecule has 0 aliphatic heterocycles. The number of benzene rings is 1. The van der Waals surface area contributed by atoms with Crippen LogP contribution in [0, 0.1) is 11.6 Å². The standard InChI is InChI=1S/C10H9F4NO2/c1-15(2)8-5(10(13,14)9(16)17)3-4-6(11)7(8)12/h3-4H,1-2H3,(H,16,17). The highest BCUT2D eigenvalue weighted by molar-refractivity contribution is 5.80. The second-order valence-electron chi connectivity index (χ2n) is 3.53. The van der Waals surface area contributed by atoms with E-state index in [4.69, 9.17) is 5.11 Å². The predicted octanol–water partition coefficient (Wildman–Crippen LogP) is 2.21. The van der Waals surface area contributed by atoms with Gasteiger partial charge in [-0.2, -0.15) is 8.78 Å². The average molecular weight is 251 g/mol. The van der Waals surface area contributed by atoms with Crippen molar-refractivity contribution in [3.8, 4) is 0 Å². The van der Waals surface area contributed by atoms with Gasteiger partial charge in [-0.15, -0.1) is 0 Å². The molecule has 1 aromatic rings. The fourth-order valence-electron chi connectivity index (χ4n) is 1.35. The minimum absolute atomic E-state index is 0.467. The topological polar surface area (TPSA) is 40.5 Å². The Balaban J connectivity index is 3.55. The van der Waals surface area contributed by atoms with E-state index in [0.29, 0.717) is 12.1 Å². The van der Waals surface area contributed by atoms with Crippen LogP contribution in [-0.2, 0) is 10.7 Å². The molecule has 0 heterocycles. The normalized spacial score (nSPS) is 11.4. The van der Waals surface area contributed by atoms with Crippen LogP contribution in [0.2, 0.25) is 0 Å². The lowest BCUT2D eigenvalue weighted by atomic mass is 10.0. The van der Waals surface area contributed by atoms with Crippen LogP contribution in [0.1, 0.15) is 5.56 Å². The summed E-state index contributed by atoms with van der Waals surface area (Å²) in [5.74, 6) is -9.53. The summed E-state index contributed by atoms with van der Waals surface area (Å²) in [6.07, 6.45) is 0. The molecule has 0 unspecified atom stereocenters. The third-order valence-corrected chi connectivity index (χ3v) is 2.12. The van der Waals surface area contributed by atoms with Crippen molar-refractivity contribution >= 4 is 11.7 Å². The summed E-state index contributed by atoms with van der Waals surface area (Å²) in [6.45, 7) is 0. The largest absolute Gasteiger partial charge is 0.477 e. The molecule has 94 valence electrons. The third-order valence-electron chi connectivity index (χ3n) is 2.12. The summed E-state index contributed by atoms with van der Waals surface area (Å²) in [5, 5.41) is 8.38. The van der Waals surface area contributed by atoms with Gasteiger partial charge >= 0.3 is 11.9 Å². The maximum absolute atomic E-state index is 13.4. The van der Waals surface area contributed by atoms with Crippen molar-refractivity contribution in [2.24, 2.45) is 0 Å². The molecule has 3 nitrogen and oxygen atoms in total. The molecule has 0 amide bonds. The molecule has 7 heteroatoms. The van der Waals surface area contributed by atoms with Gasteiger partial charge in [-0.25, -0.2) is 13.6 Å². The minimum atomic E-state index is -4.28. The lowest BCUT2D eigenvalue weighted by Crippen LogP contribution is -2.29. The molecule has 17 heavy (non-hydrogen) atoms. The number of alkyl halides is 2. The first-order chi connectivity index (χ1) is 7.69. The first-order valence-electron chi connectivity index (χ1n) is 4.46. The van der Waals surface area contributed by atoms with E-state index in [1.165, 1.54) is 14.1 Å². The molecule has 0 atom stereocenters. The van der Waals surface area contributed by atoms with Crippen LogP contribution >= 0.6 is 0 Å². The van der Waals surface area contributed by atoms with E-state index >= 15 is 0 Å². The number of carbonyl (C=O) groups is 1. The Morgan fingerprint density at radius 2 is 1.82 bits per heavy atom. The summed E-state index contributed by atoms with van der Waals surface area (Å²) < 4.78 is 52.9. The third kappa shape index (κ3) is 2.17. The molecule has 1 rings (SSSR count). The molecule has 0 aliphatic carbocycles. The highest BCUT2D eigenvalue weighted by Gasteiger charge is 2.44. The van der Waals surface area contributed by atoms with Crippen LogP contribution in [0.3, 0.4) is 0 Å². The van der Waals surface area contributed by atoms with Crippen LogP contribution in [-0.4, -0.2) is 25.2 Å². The Bertz CT molecular complexity index is 460. The van der Waals surface area contributed by atoms with Gasteiger partial charge < -0.3 is 10.0 Å². The second-order valence-corrected chi connectivity index (χ2v) is 3.53. The van der Waals surface area contributed by atoms with Gasteiger partial charge in [0, 0.05) is 14.1 Å². The number of carboxylic acids is 1. The quantitative estimate of drug-likeness (QED) is 0.837. The van der Waals surface area contributed by atoms with E-state index in [0.717, 1.165) is 4.90 Å². The number of aliphatic carboxylic acids is 1. The zero-order valence-electron chi connectivity index (χ0n) is 8.97. The number of anilines is 1. The monoisotopic (exact) mass is 251 g/mol. The van der Waals surface area contributed by atoms with Crippen LogP contribution in [0.15, 0.2) is 12.1 Å². The molecule has 0 aromatic heterocycles. The van der Waals surface area contributed by atoms with Crippen molar-refractivity contribution < 1.29 is 27.5 Å². The van der Waals surface area contributed by atoms with Gasteiger partial charge in [0.15, 0.2) is 11.6 Å².